The van der Waals surface area contributed by atoms with Crippen LogP contribution in [0, 0.1) is 0 Å². The lowest BCUT2D eigenvalue weighted by atomic mass is 9.87. The summed E-state index contributed by atoms with van der Waals surface area (Å²) < 4.78 is 5.47. The minimum atomic E-state index is -0.824. The SMILES string of the molecule is CCOc1ccc(Cl)cc1C1(O)CNC1. The Morgan fingerprint density at radius 2 is 2.27 bits per heavy atom. The fourth-order valence-electron chi connectivity index (χ4n) is 1.70. The van der Waals surface area contributed by atoms with E-state index in [1.165, 1.54) is 0 Å². The van der Waals surface area contributed by atoms with Crippen LogP contribution in [0.25, 0.3) is 0 Å². The highest BCUT2D eigenvalue weighted by Gasteiger charge is 2.38. The predicted molar refractivity (Wildman–Crippen MR) is 59.4 cm³/mol. The Morgan fingerprint density at radius 3 is 2.80 bits per heavy atom. The molecule has 0 radical (unpaired) electrons. The van der Waals surface area contributed by atoms with Crippen LogP contribution >= 0.6 is 11.6 Å². The number of nitrogens with one attached hydrogen (secondary N) is 1. The second-order valence-electron chi connectivity index (χ2n) is 3.71. The highest BCUT2D eigenvalue weighted by Crippen LogP contribution is 2.34. The predicted octanol–water partition coefficient (Wildman–Crippen LogP) is 1.53. The van der Waals surface area contributed by atoms with Gasteiger partial charge in [0.2, 0.25) is 0 Å². The summed E-state index contributed by atoms with van der Waals surface area (Å²) in [6.45, 7) is 3.60. The van der Waals surface area contributed by atoms with Gasteiger partial charge in [-0.15, -0.1) is 0 Å². The molecule has 2 N–H and O–H groups in total. The average molecular weight is 228 g/mol. The zero-order valence-corrected chi connectivity index (χ0v) is 9.34. The van der Waals surface area contributed by atoms with Crippen LogP contribution in [-0.2, 0) is 5.60 Å². The number of hydrogen-bond acceptors (Lipinski definition) is 3. The van der Waals surface area contributed by atoms with Gasteiger partial charge in [0, 0.05) is 23.7 Å². The van der Waals surface area contributed by atoms with E-state index in [4.69, 9.17) is 16.3 Å². The quantitative estimate of drug-likeness (QED) is 0.823. The zero-order valence-electron chi connectivity index (χ0n) is 8.59. The van der Waals surface area contributed by atoms with Crippen molar-refractivity contribution in [1.82, 2.24) is 5.32 Å². The fourth-order valence-corrected chi connectivity index (χ4v) is 1.87. The summed E-state index contributed by atoms with van der Waals surface area (Å²) in [5, 5.41) is 13.9. The van der Waals surface area contributed by atoms with Crippen molar-refractivity contribution >= 4 is 11.6 Å². The van der Waals surface area contributed by atoms with E-state index in [0.717, 1.165) is 5.56 Å². The number of aliphatic hydroxyl groups is 1. The van der Waals surface area contributed by atoms with E-state index in [1.807, 2.05) is 6.92 Å². The lowest BCUT2D eigenvalue weighted by Gasteiger charge is -2.38. The largest absolute Gasteiger partial charge is 0.493 e. The van der Waals surface area contributed by atoms with Gasteiger partial charge in [-0.2, -0.15) is 0 Å². The molecule has 1 heterocycles. The Bertz CT molecular complexity index is 364. The molecule has 4 heteroatoms. The topological polar surface area (TPSA) is 41.5 Å². The molecule has 1 aliphatic rings. The molecule has 1 aromatic carbocycles. The van der Waals surface area contributed by atoms with Crippen LogP contribution in [0.5, 0.6) is 5.75 Å². The zero-order chi connectivity index (χ0) is 10.9. The van der Waals surface area contributed by atoms with Crippen molar-refractivity contribution in [3.05, 3.63) is 28.8 Å². The van der Waals surface area contributed by atoms with Gasteiger partial charge in [-0.3, -0.25) is 0 Å². The smallest absolute Gasteiger partial charge is 0.125 e. The summed E-state index contributed by atoms with van der Waals surface area (Å²) in [4.78, 5) is 0. The third-order valence-electron chi connectivity index (χ3n) is 2.58. The molecule has 2 rings (SSSR count). The summed E-state index contributed by atoms with van der Waals surface area (Å²) in [7, 11) is 0. The summed E-state index contributed by atoms with van der Waals surface area (Å²) >= 11 is 5.92. The first-order valence-electron chi connectivity index (χ1n) is 5.01. The minimum Gasteiger partial charge on any atom is -0.493 e. The first-order chi connectivity index (χ1) is 7.15. The van der Waals surface area contributed by atoms with E-state index < -0.39 is 5.60 Å². The summed E-state index contributed by atoms with van der Waals surface area (Å²) in [5.41, 5.74) is -0.0503. The maximum atomic E-state index is 10.2. The van der Waals surface area contributed by atoms with Gasteiger partial charge >= 0.3 is 0 Å². The number of benzene rings is 1. The molecular weight excluding hydrogens is 214 g/mol. The number of halogens is 1. The molecule has 0 bridgehead atoms. The van der Waals surface area contributed by atoms with Crippen molar-refractivity contribution in [2.75, 3.05) is 19.7 Å². The number of hydrogen-bond donors (Lipinski definition) is 2. The fraction of sp³-hybridized carbons (Fsp3) is 0.455. The van der Waals surface area contributed by atoms with E-state index in [9.17, 15) is 5.11 Å². The van der Waals surface area contributed by atoms with Crippen molar-refractivity contribution in [1.29, 1.82) is 0 Å². The molecule has 1 fully saturated rings. The van der Waals surface area contributed by atoms with Gasteiger partial charge in [-0.05, 0) is 25.1 Å². The van der Waals surface area contributed by atoms with Gasteiger partial charge in [-0.25, -0.2) is 0 Å². The molecule has 1 aliphatic heterocycles. The second-order valence-corrected chi connectivity index (χ2v) is 4.15. The van der Waals surface area contributed by atoms with Crippen molar-refractivity contribution in [3.63, 3.8) is 0 Å². The van der Waals surface area contributed by atoms with Crippen molar-refractivity contribution in [2.45, 2.75) is 12.5 Å². The maximum Gasteiger partial charge on any atom is 0.125 e. The molecule has 15 heavy (non-hydrogen) atoms. The molecule has 0 amide bonds. The molecule has 0 aromatic heterocycles. The second kappa shape index (κ2) is 4.00. The summed E-state index contributed by atoms with van der Waals surface area (Å²) in [6, 6.07) is 5.34. The van der Waals surface area contributed by atoms with Gasteiger partial charge in [0.15, 0.2) is 0 Å². The van der Waals surface area contributed by atoms with Crippen LogP contribution in [0.2, 0.25) is 5.02 Å². The number of rotatable bonds is 3. The van der Waals surface area contributed by atoms with Crippen LogP contribution < -0.4 is 10.1 Å². The van der Waals surface area contributed by atoms with Gasteiger partial charge < -0.3 is 15.2 Å². The van der Waals surface area contributed by atoms with Gasteiger partial charge in [-0.1, -0.05) is 11.6 Å². The van der Waals surface area contributed by atoms with E-state index in [2.05, 4.69) is 5.32 Å². The Labute approximate surface area is 94.0 Å². The standard InChI is InChI=1S/C11H14ClNO2/c1-2-15-10-4-3-8(12)5-9(10)11(14)6-13-7-11/h3-5,13-14H,2,6-7H2,1H3. The van der Waals surface area contributed by atoms with Crippen LogP contribution in [0.15, 0.2) is 18.2 Å². The highest BCUT2D eigenvalue weighted by molar-refractivity contribution is 6.30. The Hall–Kier alpha value is -0.770. The lowest BCUT2D eigenvalue weighted by Crippen LogP contribution is -2.56. The average Bonchev–Trinajstić information content (AvgIpc) is 2.17. The molecule has 0 spiro atoms. The van der Waals surface area contributed by atoms with Crippen LogP contribution in [-0.4, -0.2) is 24.8 Å². The molecular formula is C11H14ClNO2. The van der Waals surface area contributed by atoms with Gasteiger partial charge in [0.05, 0.1) is 6.61 Å². The lowest BCUT2D eigenvalue weighted by molar-refractivity contribution is -0.0168. The summed E-state index contributed by atoms with van der Waals surface area (Å²) in [6.07, 6.45) is 0. The van der Waals surface area contributed by atoms with Crippen LogP contribution in [0.1, 0.15) is 12.5 Å². The van der Waals surface area contributed by atoms with Crippen LogP contribution in [0.3, 0.4) is 0 Å². The molecule has 0 saturated carbocycles. The molecule has 0 atom stereocenters. The van der Waals surface area contributed by atoms with Crippen molar-refractivity contribution < 1.29 is 9.84 Å². The minimum absolute atomic E-state index is 0.549. The molecule has 0 aliphatic carbocycles. The van der Waals surface area contributed by atoms with Gasteiger partial charge in [0.1, 0.15) is 11.4 Å². The molecule has 0 unspecified atom stereocenters. The van der Waals surface area contributed by atoms with E-state index in [-0.39, 0.29) is 0 Å². The number of ether oxygens (including phenoxy) is 1. The third-order valence-corrected chi connectivity index (χ3v) is 2.81. The van der Waals surface area contributed by atoms with E-state index >= 15 is 0 Å². The first kappa shape index (κ1) is 10.7. The number of β-amino-alcohol motifs (C(OH)–C–C–N with tert-alkyl or cyclic N) is 1. The molecule has 1 aromatic rings. The highest BCUT2D eigenvalue weighted by atomic mass is 35.5. The Morgan fingerprint density at radius 1 is 1.53 bits per heavy atom. The molecule has 3 nitrogen and oxygen atoms in total. The monoisotopic (exact) mass is 227 g/mol. The third kappa shape index (κ3) is 1.95. The van der Waals surface area contributed by atoms with Crippen LogP contribution in [0.4, 0.5) is 0 Å². The van der Waals surface area contributed by atoms with Crippen molar-refractivity contribution in [3.8, 4) is 5.75 Å². The normalized spacial score (nSPS) is 18.3. The molecule has 82 valence electrons. The Kier molecular flexibility index (Phi) is 2.87. The van der Waals surface area contributed by atoms with E-state index in [1.54, 1.807) is 18.2 Å². The van der Waals surface area contributed by atoms with Gasteiger partial charge in [0.25, 0.3) is 0 Å². The van der Waals surface area contributed by atoms with E-state index in [0.29, 0.717) is 30.5 Å². The Balaban J connectivity index is 2.38. The summed E-state index contributed by atoms with van der Waals surface area (Å²) in [5.74, 6) is 0.714. The molecule has 1 saturated heterocycles. The van der Waals surface area contributed by atoms with Crippen molar-refractivity contribution in [2.24, 2.45) is 0 Å². The maximum absolute atomic E-state index is 10.2. The first-order valence-corrected chi connectivity index (χ1v) is 5.39.